The summed E-state index contributed by atoms with van der Waals surface area (Å²) >= 11 is 0. The molecule has 2 aliphatic carbocycles. The number of hydrogen-bond acceptors (Lipinski definition) is 6. The average molecular weight is 539 g/mol. The maximum atomic E-state index is 11.7. The van der Waals surface area contributed by atoms with Crippen molar-refractivity contribution in [3.05, 3.63) is 110 Å². The number of non-ortho nitro benzene ring substituents is 1. The summed E-state index contributed by atoms with van der Waals surface area (Å²) in [7, 11) is 0. The van der Waals surface area contributed by atoms with Crippen LogP contribution in [0.1, 0.15) is 45.5 Å². The number of hydrogen-bond donors (Lipinski definition) is 0. The molecule has 8 heteroatoms. The van der Waals surface area contributed by atoms with Gasteiger partial charge in [-0.3, -0.25) is 20.1 Å². The minimum absolute atomic E-state index is 0. The van der Waals surface area contributed by atoms with Crippen molar-refractivity contribution < 1.29 is 33.9 Å². The van der Waals surface area contributed by atoms with E-state index in [1.165, 1.54) is 23.3 Å². The van der Waals surface area contributed by atoms with Gasteiger partial charge in [-0.25, -0.2) is 0 Å². The van der Waals surface area contributed by atoms with Crippen LogP contribution >= 0.6 is 0 Å². The molecular formula is C26H18N3O4Rh-. The fourth-order valence-corrected chi connectivity index (χ4v) is 5.35. The van der Waals surface area contributed by atoms with Gasteiger partial charge in [-0.2, -0.15) is 0 Å². The molecule has 0 saturated carbocycles. The molecule has 0 N–H and O–H groups in total. The molecule has 0 amide bonds. The van der Waals surface area contributed by atoms with Gasteiger partial charge < -0.3 is 9.47 Å². The first-order valence-electron chi connectivity index (χ1n) is 11.0. The molecule has 171 valence electrons. The zero-order valence-corrected chi connectivity index (χ0v) is 19.4. The van der Waals surface area contributed by atoms with Crippen LogP contribution in [0.25, 0.3) is 0 Å². The third kappa shape index (κ3) is 3.20. The van der Waals surface area contributed by atoms with Crippen molar-refractivity contribution >= 4 is 17.5 Å². The van der Waals surface area contributed by atoms with Gasteiger partial charge in [0, 0.05) is 37.2 Å². The Hall–Kier alpha value is -3.38. The molecule has 3 aromatic rings. The Morgan fingerprint density at radius 2 is 1.29 bits per heavy atom. The van der Waals surface area contributed by atoms with E-state index in [-0.39, 0.29) is 49.5 Å². The summed E-state index contributed by atoms with van der Waals surface area (Å²) in [4.78, 5) is 20.8. The number of ether oxygens (including phenoxy) is 2. The number of nitrogens with zero attached hydrogens (tertiary/aromatic N) is 3. The van der Waals surface area contributed by atoms with Crippen molar-refractivity contribution in [1.82, 2.24) is 0 Å². The predicted octanol–water partition coefficient (Wildman–Crippen LogP) is 4.28. The van der Waals surface area contributed by atoms with Crippen LogP contribution in [-0.4, -0.2) is 28.9 Å². The summed E-state index contributed by atoms with van der Waals surface area (Å²) in [6.07, 6.45) is 1.36. The number of benzene rings is 3. The molecule has 0 unspecified atom stereocenters. The summed E-state index contributed by atoms with van der Waals surface area (Å²) in [6.45, 7) is 0. The molecule has 0 saturated heterocycles. The van der Waals surface area contributed by atoms with Crippen molar-refractivity contribution in [2.24, 2.45) is 9.98 Å². The van der Waals surface area contributed by atoms with Crippen molar-refractivity contribution in [2.75, 3.05) is 0 Å². The van der Waals surface area contributed by atoms with Crippen LogP contribution in [0, 0.1) is 16.2 Å². The fraction of sp³-hybridized carbons (Fsp3) is 0.231. The number of fused-ring (bicyclic) bond motifs is 6. The summed E-state index contributed by atoms with van der Waals surface area (Å²) < 4.78 is 12.3. The Bertz CT molecular complexity index is 1310. The maximum Gasteiger partial charge on any atom is 0.207 e. The Balaban J connectivity index is 0.00000217. The third-order valence-electron chi connectivity index (χ3n) is 6.86. The minimum atomic E-state index is -0.419. The second-order valence-corrected chi connectivity index (χ2v) is 8.80. The van der Waals surface area contributed by atoms with Crippen LogP contribution in [-0.2, 0) is 41.8 Å². The van der Waals surface area contributed by atoms with Gasteiger partial charge in [0.2, 0.25) is 5.69 Å². The van der Waals surface area contributed by atoms with Crippen molar-refractivity contribution in [2.45, 2.75) is 37.1 Å². The van der Waals surface area contributed by atoms with Gasteiger partial charge in [-0.05, 0) is 34.4 Å². The van der Waals surface area contributed by atoms with E-state index in [4.69, 9.17) is 19.5 Å². The van der Waals surface area contributed by atoms with E-state index in [2.05, 4.69) is 30.3 Å². The van der Waals surface area contributed by atoms with E-state index in [1.54, 1.807) is 0 Å². The Kier molecular flexibility index (Phi) is 4.89. The van der Waals surface area contributed by atoms with Crippen LogP contribution in [0.2, 0.25) is 0 Å². The second kappa shape index (κ2) is 7.84. The molecule has 0 bridgehead atoms. The molecule has 0 fully saturated rings. The van der Waals surface area contributed by atoms with Crippen LogP contribution < -0.4 is 0 Å². The van der Waals surface area contributed by atoms with E-state index in [0.717, 1.165) is 24.0 Å². The predicted molar refractivity (Wildman–Crippen MR) is 121 cm³/mol. The van der Waals surface area contributed by atoms with Crippen LogP contribution in [0.3, 0.4) is 0 Å². The van der Waals surface area contributed by atoms with E-state index < -0.39 is 4.92 Å². The van der Waals surface area contributed by atoms with Gasteiger partial charge in [-0.1, -0.05) is 59.7 Å². The first-order valence-corrected chi connectivity index (χ1v) is 11.0. The molecule has 0 spiro atoms. The number of rotatable bonds is 3. The standard InChI is InChI=1S/C26H18N3O4.Rh/c30-29(31)18-10-16(25-27-23-19-7-3-1-5-14(19)12-21(23)32-25)9-17(11-18)26-28-24-20-8-4-2-6-15(20)13-22(24)33-26;/h1-8,10-11,21-24H,12-13H2;/q-1;/t21-,22-,23+,24+;/m1./s1. The molecule has 1 radical (unpaired) electrons. The normalized spacial score (nSPS) is 25.1. The second-order valence-electron chi connectivity index (χ2n) is 8.80. The average Bonchev–Trinajstić information content (AvgIpc) is 3.57. The van der Waals surface area contributed by atoms with Crippen LogP contribution in [0.15, 0.2) is 70.6 Å². The fourth-order valence-electron chi connectivity index (χ4n) is 5.35. The maximum absolute atomic E-state index is 11.7. The monoisotopic (exact) mass is 539 g/mol. The summed E-state index contributed by atoms with van der Waals surface area (Å²) in [5, 5.41) is 11.7. The van der Waals surface area contributed by atoms with Gasteiger partial charge in [0.1, 0.15) is 36.1 Å². The van der Waals surface area contributed by atoms with E-state index in [9.17, 15) is 10.1 Å². The van der Waals surface area contributed by atoms with Gasteiger partial charge in [0.05, 0.1) is 0 Å². The first kappa shape index (κ1) is 21.2. The molecule has 4 aliphatic rings. The van der Waals surface area contributed by atoms with Gasteiger partial charge >= 0.3 is 0 Å². The molecule has 0 aromatic heterocycles. The summed E-state index contributed by atoms with van der Waals surface area (Å²) in [6, 6.07) is 22.3. The molecule has 3 aromatic carbocycles. The van der Waals surface area contributed by atoms with Crippen molar-refractivity contribution in [1.29, 1.82) is 0 Å². The van der Waals surface area contributed by atoms with Crippen LogP contribution in [0.5, 0.6) is 0 Å². The third-order valence-corrected chi connectivity index (χ3v) is 6.86. The van der Waals surface area contributed by atoms with Gasteiger partial charge in [0.15, 0.2) is 0 Å². The smallest absolute Gasteiger partial charge is 0.207 e. The number of nitro benzene ring substituents is 1. The molecule has 4 atom stereocenters. The minimum Gasteiger partial charge on any atom is -0.505 e. The molecule has 2 aliphatic heterocycles. The molecule has 7 rings (SSSR count). The molecule has 34 heavy (non-hydrogen) atoms. The number of aliphatic imine (C=N–C) groups is 2. The molecule has 2 heterocycles. The molecular weight excluding hydrogens is 521 g/mol. The Labute approximate surface area is 208 Å². The van der Waals surface area contributed by atoms with Crippen LogP contribution in [0.4, 0.5) is 5.69 Å². The summed E-state index contributed by atoms with van der Waals surface area (Å²) in [5.74, 6) is 0.766. The SMILES string of the molecule is O=[N+]([O-])c1cc(C2=N[C@H]3c4ccccc4C[C@H]3O2)[c-]c(C2=N[C@H]3c4ccccc4C[C@H]3O2)c1.[Rh]. The van der Waals surface area contributed by atoms with Crippen molar-refractivity contribution in [3.8, 4) is 0 Å². The quantitative estimate of drug-likeness (QED) is 0.215. The van der Waals surface area contributed by atoms with Crippen molar-refractivity contribution in [3.63, 3.8) is 0 Å². The topological polar surface area (TPSA) is 86.3 Å². The Morgan fingerprint density at radius 1 is 0.824 bits per heavy atom. The zero-order valence-electron chi connectivity index (χ0n) is 17.8. The van der Waals surface area contributed by atoms with E-state index in [1.807, 2.05) is 24.3 Å². The van der Waals surface area contributed by atoms with Gasteiger partial charge in [0.25, 0.3) is 0 Å². The van der Waals surface area contributed by atoms with E-state index in [0.29, 0.717) is 22.9 Å². The van der Waals surface area contributed by atoms with Gasteiger partial charge in [-0.15, -0.1) is 6.07 Å². The zero-order chi connectivity index (χ0) is 22.1. The first-order chi connectivity index (χ1) is 16.1. The molecule has 7 nitrogen and oxygen atoms in total. The number of nitro groups is 1. The Morgan fingerprint density at radius 3 is 1.76 bits per heavy atom. The largest absolute Gasteiger partial charge is 0.505 e. The summed E-state index contributed by atoms with van der Waals surface area (Å²) in [5.41, 5.74) is 5.62. The van der Waals surface area contributed by atoms with E-state index >= 15 is 0 Å².